The number of hydrogen-bond donors (Lipinski definition) is 1. The van der Waals surface area contributed by atoms with E-state index in [-0.39, 0.29) is 0 Å². The van der Waals surface area contributed by atoms with Crippen LogP contribution < -0.4 is 5.32 Å². The molecule has 2 saturated carbocycles. The molecular weight excluding hydrogens is 232 g/mol. The first-order chi connectivity index (χ1) is 9.11. The lowest BCUT2D eigenvalue weighted by Gasteiger charge is -2.51. The van der Waals surface area contributed by atoms with Crippen molar-refractivity contribution < 1.29 is 0 Å². The Hall–Kier alpha value is -0.0800. The molecule has 1 heterocycles. The molecule has 3 unspecified atom stereocenters. The second kappa shape index (κ2) is 5.37. The van der Waals surface area contributed by atoms with Crippen molar-refractivity contribution in [3.05, 3.63) is 0 Å². The van der Waals surface area contributed by atoms with E-state index in [1.165, 1.54) is 58.0 Å². The Labute approximate surface area is 119 Å². The van der Waals surface area contributed by atoms with Crippen LogP contribution >= 0.6 is 0 Å². The zero-order valence-corrected chi connectivity index (χ0v) is 13.1. The molecule has 0 aromatic rings. The fourth-order valence-corrected chi connectivity index (χ4v) is 4.95. The zero-order valence-electron chi connectivity index (χ0n) is 13.1. The van der Waals surface area contributed by atoms with Gasteiger partial charge in [-0.2, -0.15) is 0 Å². The predicted octanol–water partition coefficient (Wildman–Crippen LogP) is 3.42. The molecule has 3 aliphatic rings. The molecule has 19 heavy (non-hydrogen) atoms. The van der Waals surface area contributed by atoms with Crippen molar-refractivity contribution in [1.82, 2.24) is 10.2 Å². The molecule has 2 heteroatoms. The van der Waals surface area contributed by atoms with Gasteiger partial charge in [-0.1, -0.05) is 40.0 Å². The number of rotatable bonds is 2. The van der Waals surface area contributed by atoms with E-state index in [9.17, 15) is 0 Å². The zero-order chi connectivity index (χ0) is 13.5. The number of nitrogens with one attached hydrogen (secondary N) is 1. The van der Waals surface area contributed by atoms with Gasteiger partial charge in [-0.05, 0) is 37.5 Å². The first-order valence-corrected chi connectivity index (χ1v) is 8.62. The van der Waals surface area contributed by atoms with Gasteiger partial charge in [0.25, 0.3) is 0 Å². The average Bonchev–Trinajstić information content (AvgIpc) is 2.98. The standard InChI is InChI=1S/C17H32N2/c1-13(2)16-11-18-17(9-4-5-10-17)12-19(16)15-8-6-7-14(15)3/h13-16,18H,4-12H2,1-3H3. The molecule has 0 aromatic carbocycles. The van der Waals surface area contributed by atoms with Crippen LogP contribution in [0.15, 0.2) is 0 Å². The molecule has 2 nitrogen and oxygen atoms in total. The molecule has 1 N–H and O–H groups in total. The number of piperazine rings is 1. The summed E-state index contributed by atoms with van der Waals surface area (Å²) in [4.78, 5) is 2.93. The fourth-order valence-electron chi connectivity index (χ4n) is 4.95. The van der Waals surface area contributed by atoms with E-state index in [1.54, 1.807) is 0 Å². The molecule has 0 bridgehead atoms. The van der Waals surface area contributed by atoms with Crippen LogP contribution in [0.3, 0.4) is 0 Å². The highest BCUT2D eigenvalue weighted by Gasteiger charge is 2.45. The Morgan fingerprint density at radius 2 is 1.84 bits per heavy atom. The van der Waals surface area contributed by atoms with Crippen molar-refractivity contribution in [3.63, 3.8) is 0 Å². The highest BCUT2D eigenvalue weighted by atomic mass is 15.3. The largest absolute Gasteiger partial charge is 0.308 e. The smallest absolute Gasteiger partial charge is 0.0309 e. The Bertz CT molecular complexity index is 304. The van der Waals surface area contributed by atoms with Crippen LogP contribution in [-0.2, 0) is 0 Å². The molecule has 110 valence electrons. The van der Waals surface area contributed by atoms with Gasteiger partial charge in [-0.25, -0.2) is 0 Å². The van der Waals surface area contributed by atoms with E-state index in [0.29, 0.717) is 5.54 Å². The summed E-state index contributed by atoms with van der Waals surface area (Å²) >= 11 is 0. The van der Waals surface area contributed by atoms with E-state index in [2.05, 4.69) is 31.0 Å². The maximum Gasteiger partial charge on any atom is 0.0309 e. The Morgan fingerprint density at radius 3 is 2.42 bits per heavy atom. The monoisotopic (exact) mass is 264 g/mol. The lowest BCUT2D eigenvalue weighted by atomic mass is 9.86. The molecule has 3 rings (SSSR count). The SMILES string of the molecule is CC(C)C1CNC2(CCCC2)CN1C1CCCC1C. The number of nitrogens with zero attached hydrogens (tertiary/aromatic N) is 1. The van der Waals surface area contributed by atoms with Gasteiger partial charge in [-0.15, -0.1) is 0 Å². The molecule has 3 atom stereocenters. The third-order valence-electron chi connectivity index (χ3n) is 6.17. The van der Waals surface area contributed by atoms with Gasteiger partial charge in [0.05, 0.1) is 0 Å². The predicted molar refractivity (Wildman–Crippen MR) is 81.3 cm³/mol. The highest BCUT2D eigenvalue weighted by Crippen LogP contribution is 2.39. The van der Waals surface area contributed by atoms with Crippen molar-refractivity contribution >= 4 is 0 Å². The van der Waals surface area contributed by atoms with Gasteiger partial charge in [0.2, 0.25) is 0 Å². The molecule has 0 aromatic heterocycles. The Balaban J connectivity index is 1.78. The molecular formula is C17H32N2. The topological polar surface area (TPSA) is 15.3 Å². The molecule has 1 saturated heterocycles. The van der Waals surface area contributed by atoms with E-state index in [1.807, 2.05) is 0 Å². The third-order valence-corrected chi connectivity index (χ3v) is 6.17. The van der Waals surface area contributed by atoms with E-state index in [4.69, 9.17) is 0 Å². The first kappa shape index (κ1) is 13.9. The summed E-state index contributed by atoms with van der Waals surface area (Å²) in [6.07, 6.45) is 10.0. The van der Waals surface area contributed by atoms with Crippen LogP contribution in [0.5, 0.6) is 0 Å². The van der Waals surface area contributed by atoms with Crippen molar-refractivity contribution in [1.29, 1.82) is 0 Å². The summed E-state index contributed by atoms with van der Waals surface area (Å²) < 4.78 is 0. The maximum absolute atomic E-state index is 3.95. The summed E-state index contributed by atoms with van der Waals surface area (Å²) in [5.74, 6) is 1.69. The summed E-state index contributed by atoms with van der Waals surface area (Å²) in [5, 5.41) is 3.95. The van der Waals surface area contributed by atoms with Crippen molar-refractivity contribution in [3.8, 4) is 0 Å². The van der Waals surface area contributed by atoms with Gasteiger partial charge in [0, 0.05) is 30.7 Å². The quantitative estimate of drug-likeness (QED) is 0.822. The molecule has 0 amide bonds. The average molecular weight is 264 g/mol. The normalized spacial score (nSPS) is 39.5. The van der Waals surface area contributed by atoms with Gasteiger partial charge >= 0.3 is 0 Å². The molecule has 1 aliphatic heterocycles. The van der Waals surface area contributed by atoms with Gasteiger partial charge in [0.1, 0.15) is 0 Å². The van der Waals surface area contributed by atoms with Crippen molar-refractivity contribution in [2.45, 2.75) is 83.3 Å². The van der Waals surface area contributed by atoms with Crippen LogP contribution in [0.25, 0.3) is 0 Å². The van der Waals surface area contributed by atoms with Gasteiger partial charge < -0.3 is 5.32 Å². The molecule has 1 spiro atoms. The lowest BCUT2D eigenvalue weighted by Crippen LogP contribution is -2.66. The van der Waals surface area contributed by atoms with Crippen molar-refractivity contribution in [2.75, 3.05) is 13.1 Å². The number of hydrogen-bond acceptors (Lipinski definition) is 2. The highest BCUT2D eigenvalue weighted by molar-refractivity contribution is 5.04. The Morgan fingerprint density at radius 1 is 1.11 bits per heavy atom. The maximum atomic E-state index is 3.95. The fraction of sp³-hybridized carbons (Fsp3) is 1.00. The van der Waals surface area contributed by atoms with Crippen LogP contribution in [0.4, 0.5) is 0 Å². The van der Waals surface area contributed by atoms with Gasteiger partial charge in [-0.3, -0.25) is 4.90 Å². The minimum absolute atomic E-state index is 0.480. The molecule has 0 radical (unpaired) electrons. The first-order valence-electron chi connectivity index (χ1n) is 8.62. The minimum atomic E-state index is 0.480. The Kier molecular flexibility index (Phi) is 3.92. The van der Waals surface area contributed by atoms with E-state index < -0.39 is 0 Å². The molecule has 2 aliphatic carbocycles. The van der Waals surface area contributed by atoms with Crippen LogP contribution in [0, 0.1) is 11.8 Å². The minimum Gasteiger partial charge on any atom is -0.308 e. The second-order valence-corrected chi connectivity index (χ2v) is 7.83. The van der Waals surface area contributed by atoms with Crippen LogP contribution in [0.2, 0.25) is 0 Å². The summed E-state index contributed by atoms with van der Waals surface area (Å²) in [7, 11) is 0. The second-order valence-electron chi connectivity index (χ2n) is 7.83. The van der Waals surface area contributed by atoms with Crippen LogP contribution in [-0.4, -0.2) is 35.6 Å². The van der Waals surface area contributed by atoms with Crippen LogP contribution in [0.1, 0.15) is 65.7 Å². The third kappa shape index (κ3) is 2.58. The van der Waals surface area contributed by atoms with Gasteiger partial charge in [0.15, 0.2) is 0 Å². The summed E-state index contributed by atoms with van der Waals surface area (Å²) in [5.41, 5.74) is 0.480. The molecule has 3 fully saturated rings. The summed E-state index contributed by atoms with van der Waals surface area (Å²) in [6.45, 7) is 9.85. The van der Waals surface area contributed by atoms with Crippen molar-refractivity contribution in [2.24, 2.45) is 11.8 Å². The lowest BCUT2D eigenvalue weighted by molar-refractivity contribution is 0.0113. The van der Waals surface area contributed by atoms with E-state index in [0.717, 1.165) is 23.9 Å². The summed E-state index contributed by atoms with van der Waals surface area (Å²) in [6, 6.07) is 1.63. The van der Waals surface area contributed by atoms with E-state index >= 15 is 0 Å².